The molecule has 4 heteroatoms. The number of carbonyl (C=O) groups excluding carboxylic acids is 2. The van der Waals surface area contributed by atoms with Gasteiger partial charge >= 0.3 is 11.9 Å². The zero-order chi connectivity index (χ0) is 19.3. The summed E-state index contributed by atoms with van der Waals surface area (Å²) in [6.07, 6.45) is 9.25. The van der Waals surface area contributed by atoms with E-state index in [-0.39, 0.29) is 23.3 Å². The number of allylic oxidation sites excluding steroid dienone is 2. The summed E-state index contributed by atoms with van der Waals surface area (Å²) >= 11 is 0. The zero-order valence-corrected chi connectivity index (χ0v) is 16.8. The van der Waals surface area contributed by atoms with Gasteiger partial charge in [-0.15, -0.1) is 0 Å². The Kier molecular flexibility index (Phi) is 7.08. The van der Waals surface area contributed by atoms with Crippen molar-refractivity contribution in [2.24, 2.45) is 23.2 Å². The third kappa shape index (κ3) is 4.57. The minimum absolute atomic E-state index is 0.0370. The van der Waals surface area contributed by atoms with Crippen molar-refractivity contribution in [3.63, 3.8) is 0 Å². The predicted molar refractivity (Wildman–Crippen MR) is 102 cm³/mol. The Bertz CT molecular complexity index is 577. The second kappa shape index (κ2) is 8.88. The molecule has 0 amide bonds. The lowest BCUT2D eigenvalue weighted by Crippen LogP contribution is -2.48. The number of fused-ring (bicyclic) bond motifs is 1. The fraction of sp³-hybridized carbons (Fsp3) is 0.727. The summed E-state index contributed by atoms with van der Waals surface area (Å²) in [6, 6.07) is 0. The highest BCUT2D eigenvalue weighted by Gasteiger charge is 2.51. The third-order valence-electron chi connectivity index (χ3n) is 6.68. The van der Waals surface area contributed by atoms with Crippen LogP contribution >= 0.6 is 0 Å². The maximum Gasteiger partial charge on any atom is 0.308 e. The lowest BCUT2D eigenvalue weighted by molar-refractivity contribution is -0.154. The van der Waals surface area contributed by atoms with Gasteiger partial charge in [0, 0.05) is 6.92 Å². The van der Waals surface area contributed by atoms with Crippen LogP contribution in [0.25, 0.3) is 0 Å². The van der Waals surface area contributed by atoms with Crippen molar-refractivity contribution in [2.75, 3.05) is 13.7 Å². The second-order valence-corrected chi connectivity index (χ2v) is 8.28. The van der Waals surface area contributed by atoms with E-state index in [1.54, 1.807) is 0 Å². The van der Waals surface area contributed by atoms with Crippen LogP contribution < -0.4 is 0 Å². The van der Waals surface area contributed by atoms with E-state index < -0.39 is 0 Å². The quantitative estimate of drug-likeness (QED) is 0.501. The summed E-state index contributed by atoms with van der Waals surface area (Å²) < 4.78 is 10.1. The molecule has 0 aliphatic heterocycles. The number of methoxy groups -OCH3 is 1. The van der Waals surface area contributed by atoms with Gasteiger partial charge in [-0.2, -0.15) is 0 Å². The van der Waals surface area contributed by atoms with Gasteiger partial charge in [-0.3, -0.25) is 9.59 Å². The summed E-state index contributed by atoms with van der Waals surface area (Å²) in [7, 11) is 1.50. The van der Waals surface area contributed by atoms with Gasteiger partial charge in [-0.05, 0) is 68.8 Å². The first kappa shape index (κ1) is 20.7. The van der Waals surface area contributed by atoms with Gasteiger partial charge in [0.05, 0.1) is 13.0 Å². The van der Waals surface area contributed by atoms with E-state index in [1.807, 2.05) is 6.08 Å². The first-order chi connectivity index (χ1) is 12.3. The predicted octanol–water partition coefficient (Wildman–Crippen LogP) is 4.84. The van der Waals surface area contributed by atoms with Crippen LogP contribution in [0.5, 0.6) is 0 Å². The van der Waals surface area contributed by atoms with E-state index in [0.29, 0.717) is 18.4 Å². The smallest absolute Gasteiger partial charge is 0.308 e. The first-order valence-corrected chi connectivity index (χ1v) is 9.84. The van der Waals surface area contributed by atoms with Crippen molar-refractivity contribution >= 4 is 11.9 Å². The van der Waals surface area contributed by atoms with Crippen LogP contribution in [0.1, 0.15) is 65.7 Å². The molecule has 0 radical (unpaired) electrons. The lowest BCUT2D eigenvalue weighted by atomic mass is 9.50. The fourth-order valence-corrected chi connectivity index (χ4v) is 5.24. The zero-order valence-electron chi connectivity index (χ0n) is 16.8. The van der Waals surface area contributed by atoms with Gasteiger partial charge in [-0.1, -0.05) is 31.1 Å². The molecule has 0 bridgehead atoms. The molecule has 4 nitrogen and oxygen atoms in total. The van der Waals surface area contributed by atoms with Crippen LogP contribution in [0.4, 0.5) is 0 Å². The molecule has 0 N–H and O–H groups in total. The van der Waals surface area contributed by atoms with Crippen LogP contribution in [0, 0.1) is 23.2 Å². The number of hydrogen-bond acceptors (Lipinski definition) is 4. The van der Waals surface area contributed by atoms with E-state index in [0.717, 1.165) is 44.9 Å². The summed E-state index contributed by atoms with van der Waals surface area (Å²) in [4.78, 5) is 23.2. The monoisotopic (exact) mass is 362 g/mol. The SMILES string of the molecule is C=C1CC[C@@H]2[C@@H](C(=O)OC)CCC[C@@]2(C)[C@H]1CCC(C)=CCOC(C)=O. The van der Waals surface area contributed by atoms with Crippen molar-refractivity contribution in [1.29, 1.82) is 0 Å². The van der Waals surface area contributed by atoms with Gasteiger partial charge in [-0.25, -0.2) is 0 Å². The minimum atomic E-state index is -0.249. The number of ether oxygens (including phenoxy) is 2. The standard InChI is InChI=1S/C22H34O4/c1-15(12-14-26-17(3)23)8-10-19-16(2)9-11-20-18(21(24)25-5)7-6-13-22(19,20)4/h12,18-20H,2,6-11,13-14H2,1,3-5H3/t18-,19-,20+,22-/m0/s1. The Morgan fingerprint density at radius 2 is 2.04 bits per heavy atom. The molecule has 4 atom stereocenters. The first-order valence-electron chi connectivity index (χ1n) is 9.84. The highest BCUT2D eigenvalue weighted by Crippen LogP contribution is 2.58. The molecule has 2 aliphatic carbocycles. The molecular formula is C22H34O4. The number of hydrogen-bond donors (Lipinski definition) is 0. The Morgan fingerprint density at radius 1 is 1.31 bits per heavy atom. The molecule has 2 fully saturated rings. The highest BCUT2D eigenvalue weighted by molar-refractivity contribution is 5.73. The summed E-state index contributed by atoms with van der Waals surface area (Å²) in [6.45, 7) is 10.6. The molecule has 0 spiro atoms. The normalized spacial score (nSPS) is 31.9. The number of esters is 2. The van der Waals surface area contributed by atoms with Crippen molar-refractivity contribution in [3.05, 3.63) is 23.8 Å². The average Bonchev–Trinajstić information content (AvgIpc) is 2.59. The summed E-state index contributed by atoms with van der Waals surface area (Å²) in [5.41, 5.74) is 2.70. The molecule has 0 aromatic rings. The molecule has 0 aromatic heterocycles. The van der Waals surface area contributed by atoms with E-state index in [9.17, 15) is 9.59 Å². The van der Waals surface area contributed by atoms with E-state index >= 15 is 0 Å². The Labute approximate surface area is 158 Å². The molecule has 146 valence electrons. The fourth-order valence-electron chi connectivity index (χ4n) is 5.24. The Morgan fingerprint density at radius 3 is 2.69 bits per heavy atom. The third-order valence-corrected chi connectivity index (χ3v) is 6.68. The van der Waals surface area contributed by atoms with Crippen LogP contribution in [0.2, 0.25) is 0 Å². The lowest BCUT2D eigenvalue weighted by Gasteiger charge is -2.54. The van der Waals surface area contributed by atoms with Crippen molar-refractivity contribution in [3.8, 4) is 0 Å². The summed E-state index contributed by atoms with van der Waals surface area (Å²) in [5, 5.41) is 0. The molecule has 2 saturated carbocycles. The summed E-state index contributed by atoms with van der Waals surface area (Å²) in [5.74, 6) is 0.580. The maximum absolute atomic E-state index is 12.3. The van der Waals surface area contributed by atoms with Gasteiger partial charge in [0.1, 0.15) is 6.61 Å². The molecule has 0 aromatic carbocycles. The van der Waals surface area contributed by atoms with Crippen molar-refractivity contribution in [1.82, 2.24) is 0 Å². The molecule has 26 heavy (non-hydrogen) atoms. The van der Waals surface area contributed by atoms with Gasteiger partial charge in [0.15, 0.2) is 0 Å². The van der Waals surface area contributed by atoms with Gasteiger partial charge < -0.3 is 9.47 Å². The van der Waals surface area contributed by atoms with Crippen LogP contribution in [0.15, 0.2) is 23.8 Å². The molecule has 0 heterocycles. The topological polar surface area (TPSA) is 52.6 Å². The van der Waals surface area contributed by atoms with Crippen LogP contribution in [-0.4, -0.2) is 25.7 Å². The van der Waals surface area contributed by atoms with E-state index in [1.165, 1.54) is 25.2 Å². The van der Waals surface area contributed by atoms with Crippen molar-refractivity contribution in [2.45, 2.75) is 65.7 Å². The van der Waals surface area contributed by atoms with Crippen molar-refractivity contribution < 1.29 is 19.1 Å². The molecule has 0 saturated heterocycles. The molecule has 2 aliphatic rings. The second-order valence-electron chi connectivity index (χ2n) is 8.28. The van der Waals surface area contributed by atoms with Gasteiger partial charge in [0.25, 0.3) is 0 Å². The molecular weight excluding hydrogens is 328 g/mol. The minimum Gasteiger partial charge on any atom is -0.469 e. The Balaban J connectivity index is 2.07. The van der Waals surface area contributed by atoms with E-state index in [4.69, 9.17) is 9.47 Å². The van der Waals surface area contributed by atoms with Crippen LogP contribution in [0.3, 0.4) is 0 Å². The maximum atomic E-state index is 12.3. The molecule has 0 unspecified atom stereocenters. The Hall–Kier alpha value is -1.58. The highest BCUT2D eigenvalue weighted by atomic mass is 16.5. The average molecular weight is 363 g/mol. The molecule has 2 rings (SSSR count). The van der Waals surface area contributed by atoms with E-state index in [2.05, 4.69) is 20.4 Å². The largest absolute Gasteiger partial charge is 0.469 e. The number of carbonyl (C=O) groups is 2. The van der Waals surface area contributed by atoms with Gasteiger partial charge in [0.2, 0.25) is 0 Å². The number of rotatable bonds is 6. The van der Waals surface area contributed by atoms with Crippen LogP contribution in [-0.2, 0) is 19.1 Å².